The molecule has 100 valence electrons. The molecule has 0 N–H and O–H groups in total. The van der Waals surface area contributed by atoms with Crippen molar-refractivity contribution >= 4 is 45.7 Å². The predicted molar refractivity (Wildman–Crippen MR) is 86.9 cm³/mol. The van der Waals surface area contributed by atoms with Crippen LogP contribution in [0, 0.1) is 6.92 Å². The molecule has 3 rings (SSSR count). The summed E-state index contributed by atoms with van der Waals surface area (Å²) in [5.41, 5.74) is 3.63. The fraction of sp³-hybridized carbons (Fsp3) is 0.0625. The monoisotopic (exact) mass is 321 g/mol. The highest BCUT2D eigenvalue weighted by molar-refractivity contribution is 6.35. The molecule has 0 fully saturated rings. The second-order valence-electron chi connectivity index (χ2n) is 4.61. The zero-order valence-corrected chi connectivity index (χ0v) is 12.9. The highest BCUT2D eigenvalue weighted by Gasteiger charge is 2.09. The number of hydrogen-bond donors (Lipinski definition) is 0. The summed E-state index contributed by atoms with van der Waals surface area (Å²) in [6.45, 7) is 2.03. The number of halogens is 3. The van der Waals surface area contributed by atoms with Gasteiger partial charge in [-0.3, -0.25) is 0 Å². The lowest BCUT2D eigenvalue weighted by atomic mass is 10.1. The number of aromatic nitrogens is 1. The van der Waals surface area contributed by atoms with Gasteiger partial charge in [-0.25, -0.2) is 4.98 Å². The van der Waals surface area contributed by atoms with Crippen LogP contribution in [0.15, 0.2) is 42.5 Å². The Hall–Kier alpha value is -1.28. The van der Waals surface area contributed by atoms with Crippen LogP contribution in [0.3, 0.4) is 0 Å². The molecular formula is C16H10Cl3N. The Balaban J connectivity index is 2.27. The van der Waals surface area contributed by atoms with Gasteiger partial charge in [0, 0.05) is 21.0 Å². The minimum atomic E-state index is 0.634. The number of rotatable bonds is 1. The molecule has 0 unspecified atom stereocenters. The Kier molecular flexibility index (Phi) is 3.59. The van der Waals surface area contributed by atoms with Gasteiger partial charge in [-0.15, -0.1) is 0 Å². The summed E-state index contributed by atoms with van der Waals surface area (Å²) < 4.78 is 0. The van der Waals surface area contributed by atoms with Gasteiger partial charge in [-0.1, -0.05) is 34.8 Å². The molecule has 1 aromatic heterocycles. The van der Waals surface area contributed by atoms with E-state index < -0.39 is 0 Å². The van der Waals surface area contributed by atoms with E-state index in [0.717, 1.165) is 27.7 Å². The largest absolute Gasteiger partial charge is 0.248 e. The van der Waals surface area contributed by atoms with Gasteiger partial charge in [-0.2, -0.15) is 0 Å². The topological polar surface area (TPSA) is 12.9 Å². The van der Waals surface area contributed by atoms with Crippen LogP contribution in [0.4, 0.5) is 0 Å². The first-order chi connectivity index (χ1) is 9.54. The molecule has 0 aliphatic carbocycles. The van der Waals surface area contributed by atoms with Crippen LogP contribution in [0.1, 0.15) is 5.56 Å². The fourth-order valence-electron chi connectivity index (χ4n) is 2.20. The fourth-order valence-corrected chi connectivity index (χ4v) is 2.76. The Morgan fingerprint density at radius 1 is 0.850 bits per heavy atom. The summed E-state index contributed by atoms with van der Waals surface area (Å²) >= 11 is 18.3. The molecule has 0 amide bonds. The van der Waals surface area contributed by atoms with Crippen molar-refractivity contribution in [1.82, 2.24) is 4.98 Å². The smallest absolute Gasteiger partial charge is 0.0727 e. The molecule has 1 nitrogen and oxygen atoms in total. The number of benzene rings is 2. The quantitative estimate of drug-likeness (QED) is 0.522. The van der Waals surface area contributed by atoms with Crippen LogP contribution in [-0.4, -0.2) is 4.98 Å². The highest BCUT2D eigenvalue weighted by Crippen LogP contribution is 2.32. The van der Waals surface area contributed by atoms with Crippen LogP contribution in [0.5, 0.6) is 0 Å². The Morgan fingerprint density at radius 3 is 2.35 bits per heavy atom. The molecule has 4 heteroatoms. The summed E-state index contributed by atoms with van der Waals surface area (Å²) in [6, 6.07) is 13.0. The lowest BCUT2D eigenvalue weighted by molar-refractivity contribution is 1.36. The van der Waals surface area contributed by atoms with E-state index in [0.29, 0.717) is 15.1 Å². The van der Waals surface area contributed by atoms with Crippen molar-refractivity contribution in [2.45, 2.75) is 6.92 Å². The van der Waals surface area contributed by atoms with Gasteiger partial charge in [0.15, 0.2) is 0 Å². The third-order valence-corrected chi connectivity index (χ3v) is 3.98. The number of nitrogens with zero attached hydrogens (tertiary/aromatic N) is 1. The molecule has 0 aliphatic rings. The second kappa shape index (κ2) is 5.25. The van der Waals surface area contributed by atoms with Crippen molar-refractivity contribution in [3.05, 3.63) is 63.1 Å². The standard InChI is InChI=1S/C16H10Cl3N/c1-9-6-16(13-8-10(17)2-4-14(13)19)20-15-5-3-11(18)7-12(9)15/h2-8H,1H3. The van der Waals surface area contributed by atoms with E-state index in [9.17, 15) is 0 Å². The van der Waals surface area contributed by atoms with Gasteiger partial charge >= 0.3 is 0 Å². The minimum absolute atomic E-state index is 0.634. The minimum Gasteiger partial charge on any atom is -0.248 e. The third-order valence-electron chi connectivity index (χ3n) is 3.18. The molecule has 1 heterocycles. The van der Waals surface area contributed by atoms with Gasteiger partial charge in [0.05, 0.1) is 16.2 Å². The van der Waals surface area contributed by atoms with Crippen molar-refractivity contribution in [3.8, 4) is 11.3 Å². The molecule has 0 saturated heterocycles. The normalized spacial score (nSPS) is 11.0. The van der Waals surface area contributed by atoms with Crippen LogP contribution < -0.4 is 0 Å². The molecule has 0 atom stereocenters. The molecule has 0 aliphatic heterocycles. The maximum absolute atomic E-state index is 6.24. The summed E-state index contributed by atoms with van der Waals surface area (Å²) in [7, 11) is 0. The maximum atomic E-state index is 6.24. The first-order valence-corrected chi connectivity index (χ1v) is 7.20. The molecule has 20 heavy (non-hydrogen) atoms. The SMILES string of the molecule is Cc1cc(-c2cc(Cl)ccc2Cl)nc2ccc(Cl)cc12. The summed E-state index contributed by atoms with van der Waals surface area (Å²) in [6.07, 6.45) is 0. The Morgan fingerprint density at radius 2 is 1.55 bits per heavy atom. The average Bonchev–Trinajstić information content (AvgIpc) is 2.42. The molecule has 3 aromatic rings. The van der Waals surface area contributed by atoms with Crippen LogP contribution >= 0.6 is 34.8 Å². The lowest BCUT2D eigenvalue weighted by Gasteiger charge is -2.09. The summed E-state index contributed by atoms with van der Waals surface area (Å²) in [5.74, 6) is 0. The van der Waals surface area contributed by atoms with Crippen molar-refractivity contribution in [3.63, 3.8) is 0 Å². The van der Waals surface area contributed by atoms with Crippen LogP contribution in [0.2, 0.25) is 15.1 Å². The molecule has 2 aromatic carbocycles. The van der Waals surface area contributed by atoms with E-state index in [1.807, 2.05) is 37.3 Å². The van der Waals surface area contributed by atoms with E-state index in [1.165, 1.54) is 0 Å². The number of fused-ring (bicyclic) bond motifs is 1. The van der Waals surface area contributed by atoms with Crippen molar-refractivity contribution < 1.29 is 0 Å². The summed E-state index contributed by atoms with van der Waals surface area (Å²) in [4.78, 5) is 4.65. The van der Waals surface area contributed by atoms with Crippen molar-refractivity contribution in [1.29, 1.82) is 0 Å². The zero-order valence-electron chi connectivity index (χ0n) is 10.6. The van der Waals surface area contributed by atoms with Crippen molar-refractivity contribution in [2.24, 2.45) is 0 Å². The van der Waals surface area contributed by atoms with E-state index in [-0.39, 0.29) is 0 Å². The van der Waals surface area contributed by atoms with Gasteiger partial charge in [-0.05, 0) is 55.0 Å². The number of aryl methyl sites for hydroxylation is 1. The van der Waals surface area contributed by atoms with E-state index in [4.69, 9.17) is 34.8 Å². The van der Waals surface area contributed by atoms with Gasteiger partial charge in [0.25, 0.3) is 0 Å². The lowest BCUT2D eigenvalue weighted by Crippen LogP contribution is -1.90. The average molecular weight is 323 g/mol. The van der Waals surface area contributed by atoms with E-state index in [2.05, 4.69) is 4.98 Å². The van der Waals surface area contributed by atoms with Gasteiger partial charge < -0.3 is 0 Å². The van der Waals surface area contributed by atoms with Gasteiger partial charge in [0.1, 0.15) is 0 Å². The van der Waals surface area contributed by atoms with Crippen LogP contribution in [0.25, 0.3) is 22.2 Å². The number of hydrogen-bond acceptors (Lipinski definition) is 1. The maximum Gasteiger partial charge on any atom is 0.0727 e. The molecule has 0 bridgehead atoms. The summed E-state index contributed by atoms with van der Waals surface area (Å²) in [5, 5.41) is 3.02. The Labute approximate surface area is 132 Å². The van der Waals surface area contributed by atoms with E-state index >= 15 is 0 Å². The first kappa shape index (κ1) is 13.7. The van der Waals surface area contributed by atoms with E-state index in [1.54, 1.807) is 12.1 Å². The van der Waals surface area contributed by atoms with Gasteiger partial charge in [0.2, 0.25) is 0 Å². The second-order valence-corrected chi connectivity index (χ2v) is 5.89. The molecule has 0 radical (unpaired) electrons. The molecular weight excluding hydrogens is 313 g/mol. The third kappa shape index (κ3) is 2.49. The number of pyridine rings is 1. The Bertz CT molecular complexity index is 812. The zero-order chi connectivity index (χ0) is 14.3. The molecule has 0 saturated carbocycles. The first-order valence-electron chi connectivity index (χ1n) is 6.07. The highest BCUT2D eigenvalue weighted by atomic mass is 35.5. The predicted octanol–water partition coefficient (Wildman–Crippen LogP) is 6.17. The van der Waals surface area contributed by atoms with Crippen LogP contribution in [-0.2, 0) is 0 Å². The molecule has 0 spiro atoms. The van der Waals surface area contributed by atoms with Crippen molar-refractivity contribution in [2.75, 3.05) is 0 Å².